The van der Waals surface area contributed by atoms with Crippen LogP contribution in [0.2, 0.25) is 0 Å². The van der Waals surface area contributed by atoms with E-state index in [0.29, 0.717) is 19.2 Å². The normalized spacial score (nSPS) is 17.8. The predicted octanol–water partition coefficient (Wildman–Crippen LogP) is 0.00430. The minimum absolute atomic E-state index is 0.563. The molecule has 0 amide bonds. The van der Waals surface area contributed by atoms with E-state index in [1.807, 2.05) is 0 Å². The summed E-state index contributed by atoms with van der Waals surface area (Å²) in [6, 6.07) is 0.563. The quantitative estimate of drug-likeness (QED) is 0.591. The summed E-state index contributed by atoms with van der Waals surface area (Å²) in [7, 11) is 0. The first-order chi connectivity index (χ1) is 8.74. The Labute approximate surface area is 111 Å². The predicted molar refractivity (Wildman–Crippen MR) is 73.8 cm³/mol. The van der Waals surface area contributed by atoms with Crippen LogP contribution in [0.5, 0.6) is 0 Å². The second-order valence-corrected chi connectivity index (χ2v) is 4.98. The number of morpholine rings is 1. The molecule has 108 valence electrons. The Bertz CT molecular complexity index is 197. The third kappa shape index (κ3) is 6.66. The van der Waals surface area contributed by atoms with Gasteiger partial charge in [-0.25, -0.2) is 0 Å². The molecule has 0 bridgehead atoms. The summed E-state index contributed by atoms with van der Waals surface area (Å²) >= 11 is 0. The van der Waals surface area contributed by atoms with E-state index in [1.54, 1.807) is 0 Å². The van der Waals surface area contributed by atoms with E-state index in [4.69, 9.17) is 15.2 Å². The van der Waals surface area contributed by atoms with Gasteiger partial charge in [0.25, 0.3) is 0 Å². The van der Waals surface area contributed by atoms with Gasteiger partial charge in [0.2, 0.25) is 0 Å². The smallest absolute Gasteiger partial charge is 0.0594 e. The van der Waals surface area contributed by atoms with Gasteiger partial charge in [-0.2, -0.15) is 0 Å². The van der Waals surface area contributed by atoms with Crippen molar-refractivity contribution in [2.75, 3.05) is 65.7 Å². The van der Waals surface area contributed by atoms with Crippen molar-refractivity contribution in [2.45, 2.75) is 19.9 Å². The molecule has 0 aromatic rings. The molecule has 0 aliphatic carbocycles. The van der Waals surface area contributed by atoms with Gasteiger partial charge >= 0.3 is 0 Å². The molecule has 0 aromatic carbocycles. The van der Waals surface area contributed by atoms with Crippen molar-refractivity contribution in [3.05, 3.63) is 0 Å². The Kier molecular flexibility index (Phi) is 8.54. The van der Waals surface area contributed by atoms with Gasteiger partial charge in [0.05, 0.1) is 26.4 Å². The van der Waals surface area contributed by atoms with Gasteiger partial charge in [0, 0.05) is 45.3 Å². The largest absolute Gasteiger partial charge is 0.379 e. The van der Waals surface area contributed by atoms with E-state index >= 15 is 0 Å². The minimum Gasteiger partial charge on any atom is -0.379 e. The van der Waals surface area contributed by atoms with Gasteiger partial charge in [0.1, 0.15) is 0 Å². The van der Waals surface area contributed by atoms with Crippen LogP contribution in [0.1, 0.15) is 13.8 Å². The van der Waals surface area contributed by atoms with Crippen molar-refractivity contribution in [2.24, 2.45) is 5.73 Å². The molecule has 18 heavy (non-hydrogen) atoms. The summed E-state index contributed by atoms with van der Waals surface area (Å²) in [5.74, 6) is 0. The highest BCUT2D eigenvalue weighted by Crippen LogP contribution is 2.01. The first-order valence-electron chi connectivity index (χ1n) is 7.06. The zero-order valence-corrected chi connectivity index (χ0v) is 11.9. The van der Waals surface area contributed by atoms with E-state index in [0.717, 1.165) is 52.5 Å². The van der Waals surface area contributed by atoms with Crippen LogP contribution in [-0.4, -0.2) is 81.5 Å². The van der Waals surface area contributed by atoms with Crippen molar-refractivity contribution in [3.63, 3.8) is 0 Å². The Morgan fingerprint density at radius 2 is 1.94 bits per heavy atom. The molecule has 0 spiro atoms. The molecule has 1 aliphatic heterocycles. The first kappa shape index (κ1) is 15.9. The molecule has 1 heterocycles. The lowest BCUT2D eigenvalue weighted by atomic mass is 10.3. The maximum absolute atomic E-state index is 5.45. The number of hydrogen-bond acceptors (Lipinski definition) is 5. The van der Waals surface area contributed by atoms with Crippen molar-refractivity contribution < 1.29 is 9.47 Å². The number of hydrogen-bond donors (Lipinski definition) is 1. The Morgan fingerprint density at radius 1 is 1.22 bits per heavy atom. The molecular weight excluding hydrogens is 230 g/mol. The second-order valence-electron chi connectivity index (χ2n) is 4.98. The summed E-state index contributed by atoms with van der Waals surface area (Å²) in [5.41, 5.74) is 5.40. The van der Waals surface area contributed by atoms with Gasteiger partial charge in [0.15, 0.2) is 0 Å². The zero-order chi connectivity index (χ0) is 13.2. The second kappa shape index (κ2) is 9.69. The summed E-state index contributed by atoms with van der Waals surface area (Å²) in [4.78, 5) is 4.94. The van der Waals surface area contributed by atoms with Crippen LogP contribution in [0.25, 0.3) is 0 Å². The van der Waals surface area contributed by atoms with Crippen LogP contribution in [0.4, 0.5) is 0 Å². The Balaban J connectivity index is 2.15. The Hall–Kier alpha value is -0.200. The monoisotopic (exact) mass is 259 g/mol. The summed E-state index contributed by atoms with van der Waals surface area (Å²) in [5, 5.41) is 0. The van der Waals surface area contributed by atoms with Crippen LogP contribution < -0.4 is 5.73 Å². The highest BCUT2D eigenvalue weighted by Gasteiger charge is 2.14. The maximum atomic E-state index is 5.45. The van der Waals surface area contributed by atoms with E-state index in [9.17, 15) is 0 Å². The molecule has 5 heteroatoms. The number of nitrogens with two attached hydrogens (primary N) is 1. The summed E-state index contributed by atoms with van der Waals surface area (Å²) in [6.07, 6.45) is 0. The fourth-order valence-corrected chi connectivity index (χ4v) is 2.09. The van der Waals surface area contributed by atoms with Gasteiger partial charge in [-0.05, 0) is 13.8 Å². The number of nitrogens with zero attached hydrogens (tertiary/aromatic N) is 2. The average Bonchev–Trinajstić information content (AvgIpc) is 2.38. The van der Waals surface area contributed by atoms with Crippen LogP contribution in [0, 0.1) is 0 Å². The molecule has 0 unspecified atom stereocenters. The Morgan fingerprint density at radius 3 is 2.56 bits per heavy atom. The van der Waals surface area contributed by atoms with E-state index in [-0.39, 0.29) is 0 Å². The van der Waals surface area contributed by atoms with Gasteiger partial charge in [-0.15, -0.1) is 0 Å². The van der Waals surface area contributed by atoms with E-state index in [2.05, 4.69) is 23.6 Å². The van der Waals surface area contributed by atoms with Crippen molar-refractivity contribution in [1.82, 2.24) is 9.80 Å². The molecule has 0 radical (unpaired) electrons. The molecule has 0 atom stereocenters. The minimum atomic E-state index is 0.563. The van der Waals surface area contributed by atoms with Crippen LogP contribution in [0.15, 0.2) is 0 Å². The van der Waals surface area contributed by atoms with Gasteiger partial charge < -0.3 is 15.2 Å². The topological polar surface area (TPSA) is 51.0 Å². The number of ether oxygens (including phenoxy) is 2. The third-order valence-corrected chi connectivity index (χ3v) is 3.32. The zero-order valence-electron chi connectivity index (χ0n) is 11.9. The fourth-order valence-electron chi connectivity index (χ4n) is 2.09. The fraction of sp³-hybridized carbons (Fsp3) is 1.00. The molecule has 1 aliphatic rings. The van der Waals surface area contributed by atoms with Gasteiger partial charge in [-0.3, -0.25) is 9.80 Å². The number of rotatable bonds is 9. The molecular formula is C13H29N3O2. The molecule has 1 fully saturated rings. The molecule has 2 N–H and O–H groups in total. The lowest BCUT2D eigenvalue weighted by molar-refractivity contribution is 0.0285. The first-order valence-corrected chi connectivity index (χ1v) is 7.06. The van der Waals surface area contributed by atoms with Crippen LogP contribution in [-0.2, 0) is 9.47 Å². The van der Waals surface area contributed by atoms with Crippen molar-refractivity contribution >= 4 is 0 Å². The van der Waals surface area contributed by atoms with Crippen molar-refractivity contribution in [1.29, 1.82) is 0 Å². The van der Waals surface area contributed by atoms with Crippen molar-refractivity contribution in [3.8, 4) is 0 Å². The summed E-state index contributed by atoms with van der Waals surface area (Å²) in [6.45, 7) is 13.6. The van der Waals surface area contributed by atoms with Crippen LogP contribution >= 0.6 is 0 Å². The molecule has 1 rings (SSSR count). The molecule has 0 saturated carbocycles. The highest BCUT2D eigenvalue weighted by atomic mass is 16.5. The highest BCUT2D eigenvalue weighted by molar-refractivity contribution is 4.68. The third-order valence-electron chi connectivity index (χ3n) is 3.32. The average molecular weight is 259 g/mol. The SMILES string of the molecule is CC(C)N(CCOCCN)CCN1CCOCC1. The van der Waals surface area contributed by atoms with Crippen LogP contribution in [0.3, 0.4) is 0 Å². The van der Waals surface area contributed by atoms with Gasteiger partial charge in [-0.1, -0.05) is 0 Å². The lowest BCUT2D eigenvalue weighted by Crippen LogP contribution is -2.44. The van der Waals surface area contributed by atoms with E-state index in [1.165, 1.54) is 0 Å². The molecule has 5 nitrogen and oxygen atoms in total. The maximum Gasteiger partial charge on any atom is 0.0594 e. The molecule has 0 aromatic heterocycles. The standard InChI is InChI=1S/C13H29N3O2/c1-13(2)16(8-12-17-9-3-14)5-4-15-6-10-18-11-7-15/h13H,3-12,14H2,1-2H3. The molecule has 1 saturated heterocycles. The summed E-state index contributed by atoms with van der Waals surface area (Å²) < 4.78 is 10.8. The van der Waals surface area contributed by atoms with E-state index < -0.39 is 0 Å². The lowest BCUT2D eigenvalue weighted by Gasteiger charge is -2.31.